The highest BCUT2D eigenvalue weighted by atomic mass is 16.6. The van der Waals surface area contributed by atoms with E-state index in [2.05, 4.69) is 11.2 Å². The zero-order chi connectivity index (χ0) is 12.8. The monoisotopic (exact) mass is 225 g/mol. The number of ether oxygens (including phenoxy) is 1. The van der Waals surface area contributed by atoms with E-state index >= 15 is 0 Å². The third kappa shape index (κ3) is 7.86. The van der Waals surface area contributed by atoms with Crippen LogP contribution in [-0.4, -0.2) is 23.5 Å². The summed E-state index contributed by atoms with van der Waals surface area (Å²) in [6.45, 7) is 7.05. The Morgan fingerprint density at radius 3 is 2.38 bits per heavy atom. The molecule has 1 N–H and O–H groups in total. The van der Waals surface area contributed by atoms with Gasteiger partial charge in [-0.1, -0.05) is 5.92 Å². The van der Waals surface area contributed by atoms with Crippen molar-refractivity contribution in [2.75, 3.05) is 0 Å². The molecule has 16 heavy (non-hydrogen) atoms. The summed E-state index contributed by atoms with van der Waals surface area (Å²) in [5.41, 5.74) is -0.514. The summed E-state index contributed by atoms with van der Waals surface area (Å²) < 4.78 is 5.06. The number of carbonyl (C=O) groups is 2. The van der Waals surface area contributed by atoms with Crippen molar-refractivity contribution in [3.8, 4) is 12.3 Å². The van der Waals surface area contributed by atoms with Crippen LogP contribution in [0.3, 0.4) is 0 Å². The van der Waals surface area contributed by atoms with Crippen molar-refractivity contribution in [1.82, 2.24) is 5.32 Å². The van der Waals surface area contributed by atoms with Crippen LogP contribution in [0.4, 0.5) is 0 Å². The Morgan fingerprint density at radius 2 is 1.94 bits per heavy atom. The van der Waals surface area contributed by atoms with Gasteiger partial charge in [0, 0.05) is 6.42 Å². The molecule has 0 saturated heterocycles. The highest BCUT2D eigenvalue weighted by Gasteiger charge is 2.17. The van der Waals surface area contributed by atoms with E-state index in [9.17, 15) is 9.59 Å². The zero-order valence-corrected chi connectivity index (χ0v) is 10.3. The molecule has 0 aliphatic carbocycles. The maximum absolute atomic E-state index is 11.3. The molecule has 0 aliphatic rings. The molecule has 4 heteroatoms. The second-order valence-corrected chi connectivity index (χ2v) is 4.54. The maximum atomic E-state index is 11.3. The SMILES string of the molecule is C#CC(C)NC(=O)CCC(=O)OC(C)(C)C. The topological polar surface area (TPSA) is 55.4 Å². The van der Waals surface area contributed by atoms with Gasteiger partial charge in [-0.25, -0.2) is 0 Å². The summed E-state index contributed by atoms with van der Waals surface area (Å²) in [4.78, 5) is 22.5. The summed E-state index contributed by atoms with van der Waals surface area (Å²) in [5, 5.41) is 2.56. The second kappa shape index (κ2) is 6.16. The highest BCUT2D eigenvalue weighted by Crippen LogP contribution is 2.08. The van der Waals surface area contributed by atoms with E-state index in [1.165, 1.54) is 0 Å². The van der Waals surface area contributed by atoms with Crippen molar-refractivity contribution in [2.45, 2.75) is 52.2 Å². The minimum Gasteiger partial charge on any atom is -0.460 e. The lowest BCUT2D eigenvalue weighted by Gasteiger charge is -2.19. The lowest BCUT2D eigenvalue weighted by atomic mass is 10.2. The third-order valence-corrected chi connectivity index (χ3v) is 1.60. The Labute approximate surface area is 96.7 Å². The summed E-state index contributed by atoms with van der Waals surface area (Å²) in [7, 11) is 0. The van der Waals surface area contributed by atoms with E-state index in [1.54, 1.807) is 27.7 Å². The molecular weight excluding hydrogens is 206 g/mol. The van der Waals surface area contributed by atoms with Crippen LogP contribution in [0.15, 0.2) is 0 Å². The Kier molecular flexibility index (Phi) is 5.59. The van der Waals surface area contributed by atoms with Crippen LogP contribution in [0, 0.1) is 12.3 Å². The fraction of sp³-hybridized carbons (Fsp3) is 0.667. The molecular formula is C12H19NO3. The van der Waals surface area contributed by atoms with Crippen molar-refractivity contribution < 1.29 is 14.3 Å². The minimum absolute atomic E-state index is 0.0698. The van der Waals surface area contributed by atoms with Gasteiger partial charge in [0.25, 0.3) is 0 Å². The first-order valence-corrected chi connectivity index (χ1v) is 5.22. The van der Waals surface area contributed by atoms with Gasteiger partial charge in [-0.3, -0.25) is 9.59 Å². The molecule has 1 unspecified atom stereocenters. The van der Waals surface area contributed by atoms with E-state index in [0.717, 1.165) is 0 Å². The number of amides is 1. The minimum atomic E-state index is -0.514. The van der Waals surface area contributed by atoms with Gasteiger partial charge in [0.05, 0.1) is 12.5 Å². The number of rotatable bonds is 4. The molecule has 0 heterocycles. The molecule has 0 spiro atoms. The Morgan fingerprint density at radius 1 is 1.38 bits per heavy atom. The van der Waals surface area contributed by atoms with Crippen LogP contribution >= 0.6 is 0 Å². The highest BCUT2D eigenvalue weighted by molar-refractivity contribution is 5.81. The molecule has 0 aliphatic heterocycles. The molecule has 0 saturated carbocycles. The van der Waals surface area contributed by atoms with Crippen molar-refractivity contribution in [1.29, 1.82) is 0 Å². The van der Waals surface area contributed by atoms with Crippen molar-refractivity contribution >= 4 is 11.9 Å². The number of nitrogens with one attached hydrogen (secondary N) is 1. The average Bonchev–Trinajstić information content (AvgIpc) is 2.12. The first kappa shape index (κ1) is 14.5. The largest absolute Gasteiger partial charge is 0.460 e. The first-order valence-electron chi connectivity index (χ1n) is 5.22. The summed E-state index contributed by atoms with van der Waals surface area (Å²) in [6.07, 6.45) is 5.27. The van der Waals surface area contributed by atoms with Gasteiger partial charge >= 0.3 is 5.97 Å². The molecule has 0 radical (unpaired) electrons. The van der Waals surface area contributed by atoms with Crippen LogP contribution in [0.5, 0.6) is 0 Å². The van der Waals surface area contributed by atoms with E-state index in [0.29, 0.717) is 0 Å². The van der Waals surface area contributed by atoms with Crippen LogP contribution < -0.4 is 5.32 Å². The second-order valence-electron chi connectivity index (χ2n) is 4.54. The van der Waals surface area contributed by atoms with Gasteiger partial charge in [-0.05, 0) is 27.7 Å². The van der Waals surface area contributed by atoms with Gasteiger partial charge in [-0.15, -0.1) is 6.42 Å². The van der Waals surface area contributed by atoms with E-state index in [1.807, 2.05) is 0 Å². The average molecular weight is 225 g/mol. The van der Waals surface area contributed by atoms with Gasteiger partial charge in [0.15, 0.2) is 0 Å². The molecule has 1 atom stereocenters. The van der Waals surface area contributed by atoms with Gasteiger partial charge in [0.1, 0.15) is 5.60 Å². The predicted molar refractivity (Wildman–Crippen MR) is 61.5 cm³/mol. The lowest BCUT2D eigenvalue weighted by molar-refractivity contribution is -0.155. The molecule has 90 valence electrons. The van der Waals surface area contributed by atoms with E-state index in [-0.39, 0.29) is 30.8 Å². The van der Waals surface area contributed by atoms with Gasteiger partial charge in [-0.2, -0.15) is 0 Å². The van der Waals surface area contributed by atoms with Gasteiger partial charge in [0.2, 0.25) is 5.91 Å². The molecule has 0 rings (SSSR count). The third-order valence-electron chi connectivity index (χ3n) is 1.60. The van der Waals surface area contributed by atoms with E-state index < -0.39 is 5.60 Å². The number of terminal acetylenes is 1. The molecule has 1 amide bonds. The fourth-order valence-corrected chi connectivity index (χ4v) is 0.963. The van der Waals surface area contributed by atoms with Crippen LogP contribution in [0.1, 0.15) is 40.5 Å². The van der Waals surface area contributed by atoms with Crippen LogP contribution in [-0.2, 0) is 14.3 Å². The van der Waals surface area contributed by atoms with Crippen LogP contribution in [0.25, 0.3) is 0 Å². The molecule has 0 aromatic heterocycles. The molecule has 0 aromatic rings. The quantitative estimate of drug-likeness (QED) is 0.578. The number of hydrogen-bond donors (Lipinski definition) is 1. The summed E-state index contributed by atoms with van der Waals surface area (Å²) >= 11 is 0. The summed E-state index contributed by atoms with van der Waals surface area (Å²) in [6, 6.07) is -0.314. The standard InChI is InChI=1S/C12H19NO3/c1-6-9(2)13-10(14)7-8-11(15)16-12(3,4)5/h1,9H,7-8H2,2-5H3,(H,13,14). The van der Waals surface area contributed by atoms with Gasteiger partial charge < -0.3 is 10.1 Å². The van der Waals surface area contributed by atoms with E-state index in [4.69, 9.17) is 11.2 Å². The number of esters is 1. The zero-order valence-electron chi connectivity index (χ0n) is 10.3. The maximum Gasteiger partial charge on any atom is 0.306 e. The Balaban J connectivity index is 3.86. The Hall–Kier alpha value is -1.50. The fourth-order valence-electron chi connectivity index (χ4n) is 0.963. The molecule has 0 bridgehead atoms. The van der Waals surface area contributed by atoms with Crippen molar-refractivity contribution in [2.24, 2.45) is 0 Å². The van der Waals surface area contributed by atoms with Crippen molar-refractivity contribution in [3.05, 3.63) is 0 Å². The predicted octanol–water partition coefficient (Wildman–Crippen LogP) is 1.25. The summed E-state index contributed by atoms with van der Waals surface area (Å²) in [5.74, 6) is 1.76. The molecule has 4 nitrogen and oxygen atoms in total. The number of carbonyl (C=O) groups excluding carboxylic acids is 2. The molecule has 0 fully saturated rings. The smallest absolute Gasteiger partial charge is 0.306 e. The van der Waals surface area contributed by atoms with Crippen LogP contribution in [0.2, 0.25) is 0 Å². The molecule has 0 aromatic carbocycles. The van der Waals surface area contributed by atoms with Crippen molar-refractivity contribution in [3.63, 3.8) is 0 Å². The first-order chi connectivity index (χ1) is 7.24. The normalized spacial score (nSPS) is 12.4. The lowest BCUT2D eigenvalue weighted by Crippen LogP contribution is -2.32. The Bertz CT molecular complexity index is 296. The number of hydrogen-bond acceptors (Lipinski definition) is 3.